The number of carbonyl (C=O) groups excluding carboxylic acids is 1. The molecule has 265 valence electrons. The van der Waals surface area contributed by atoms with Crippen LogP contribution in [0.2, 0.25) is 0 Å². The molecule has 2 heterocycles. The van der Waals surface area contributed by atoms with Crippen LogP contribution in [-0.2, 0) is 31.3 Å². The molecule has 6 heteroatoms. The normalized spacial score (nSPS) is 12.6. The molecule has 0 fully saturated rings. The van der Waals surface area contributed by atoms with Crippen LogP contribution in [0, 0.1) is 22.3 Å². The number of allylic oxidation sites excluding steroid dienone is 2. The summed E-state index contributed by atoms with van der Waals surface area (Å²) in [4.78, 5) is 21.7. The van der Waals surface area contributed by atoms with Crippen molar-refractivity contribution >= 4 is 59.0 Å². The second kappa shape index (κ2) is 15.8. The quantitative estimate of drug-likeness (QED) is 0.0893. The van der Waals surface area contributed by atoms with Crippen LogP contribution < -0.4 is 0 Å². The number of thiophene rings is 1. The molecular formula is C44H51IrN2O2S-. The number of aromatic nitrogens is 2. The number of hydrogen-bond donors (Lipinski definition) is 1. The Hall–Kier alpha value is -3.44. The molecule has 0 saturated carbocycles. The van der Waals surface area contributed by atoms with Gasteiger partial charge in [-0.1, -0.05) is 122 Å². The molecule has 1 radical (unpaired) electrons. The van der Waals surface area contributed by atoms with Crippen LogP contribution in [0.25, 0.3) is 53.1 Å². The third kappa shape index (κ3) is 8.04. The fraction of sp³-hybridized carbons (Fsp3) is 0.386. The van der Waals surface area contributed by atoms with E-state index in [9.17, 15) is 9.90 Å². The largest absolute Gasteiger partial charge is 0.512 e. The summed E-state index contributed by atoms with van der Waals surface area (Å²) in [5.74, 6) is 0.286. The van der Waals surface area contributed by atoms with E-state index >= 15 is 0 Å². The molecule has 4 nitrogen and oxygen atoms in total. The molecule has 0 spiro atoms. The van der Waals surface area contributed by atoms with Crippen LogP contribution in [0.5, 0.6) is 0 Å². The molecule has 6 aromatic rings. The van der Waals surface area contributed by atoms with Gasteiger partial charge in [-0.2, -0.15) is 0 Å². The topological polar surface area (TPSA) is 63.1 Å². The van der Waals surface area contributed by atoms with E-state index in [-0.39, 0.29) is 47.9 Å². The fourth-order valence-electron chi connectivity index (χ4n) is 6.34. The summed E-state index contributed by atoms with van der Waals surface area (Å²) < 4.78 is 2.44. The zero-order valence-electron chi connectivity index (χ0n) is 31.0. The second-order valence-electron chi connectivity index (χ2n) is 15.1. The van der Waals surface area contributed by atoms with E-state index < -0.39 is 0 Å². The number of aliphatic hydroxyl groups is 1. The third-order valence-corrected chi connectivity index (χ3v) is 11.8. The Balaban J connectivity index is 0.000000269. The minimum absolute atomic E-state index is 0. The summed E-state index contributed by atoms with van der Waals surface area (Å²) in [6, 6.07) is 27.2. The Kier molecular flexibility index (Phi) is 12.5. The summed E-state index contributed by atoms with van der Waals surface area (Å²) in [6.45, 7) is 19.0. The number of carbonyl (C=O) groups is 1. The van der Waals surface area contributed by atoms with E-state index in [1.807, 2.05) is 52.9 Å². The minimum Gasteiger partial charge on any atom is -0.512 e. The Morgan fingerprint density at radius 1 is 0.800 bits per heavy atom. The van der Waals surface area contributed by atoms with Gasteiger partial charge in [0, 0.05) is 57.5 Å². The number of fused-ring (bicyclic) bond motifs is 6. The van der Waals surface area contributed by atoms with Crippen molar-refractivity contribution in [1.82, 2.24) is 9.97 Å². The maximum atomic E-state index is 12.2. The number of benzene rings is 4. The van der Waals surface area contributed by atoms with Crippen LogP contribution in [0.1, 0.15) is 93.6 Å². The first-order valence-electron chi connectivity index (χ1n) is 17.7. The van der Waals surface area contributed by atoms with Gasteiger partial charge >= 0.3 is 0 Å². The van der Waals surface area contributed by atoms with Crippen molar-refractivity contribution in [3.8, 4) is 11.3 Å². The Bertz CT molecular complexity index is 2150. The molecule has 0 saturated heterocycles. The molecular weight excluding hydrogens is 813 g/mol. The maximum Gasteiger partial charge on any atom is 0.164 e. The number of aliphatic hydroxyl groups excluding tert-OH is 1. The summed E-state index contributed by atoms with van der Waals surface area (Å²) in [7, 11) is 0. The summed E-state index contributed by atoms with van der Waals surface area (Å²) in [5, 5.41) is 16.4. The molecule has 0 bridgehead atoms. The molecule has 1 N–H and O–H groups in total. The molecule has 0 atom stereocenters. The summed E-state index contributed by atoms with van der Waals surface area (Å²) in [6.07, 6.45) is 7.47. The summed E-state index contributed by atoms with van der Waals surface area (Å²) >= 11 is 1.81. The van der Waals surface area contributed by atoms with E-state index in [1.165, 1.54) is 43.3 Å². The predicted molar refractivity (Wildman–Crippen MR) is 210 cm³/mol. The predicted octanol–water partition coefficient (Wildman–Crippen LogP) is 12.9. The number of hydrogen-bond acceptors (Lipinski definition) is 5. The van der Waals surface area contributed by atoms with Gasteiger partial charge in [-0.3, -0.25) is 9.78 Å². The van der Waals surface area contributed by atoms with E-state index in [2.05, 4.69) is 93.6 Å². The molecule has 0 aliphatic rings. The van der Waals surface area contributed by atoms with Gasteiger partial charge in [-0.25, -0.2) is 4.98 Å². The zero-order chi connectivity index (χ0) is 35.6. The smallest absolute Gasteiger partial charge is 0.164 e. The van der Waals surface area contributed by atoms with E-state index in [4.69, 9.17) is 9.97 Å². The Morgan fingerprint density at radius 3 is 2.02 bits per heavy atom. The van der Waals surface area contributed by atoms with Crippen molar-refractivity contribution in [2.24, 2.45) is 16.2 Å². The van der Waals surface area contributed by atoms with Crippen LogP contribution in [0.4, 0.5) is 0 Å². The number of rotatable bonds is 9. The third-order valence-electron chi connectivity index (χ3n) is 10.6. The average molecular weight is 864 g/mol. The first kappa shape index (κ1) is 39.3. The van der Waals surface area contributed by atoms with Gasteiger partial charge in [0.25, 0.3) is 0 Å². The number of ketones is 1. The van der Waals surface area contributed by atoms with Crippen molar-refractivity contribution in [1.29, 1.82) is 0 Å². The molecule has 0 aliphatic heterocycles. The first-order valence-corrected chi connectivity index (χ1v) is 18.5. The van der Waals surface area contributed by atoms with Crippen molar-refractivity contribution in [2.75, 3.05) is 0 Å². The maximum absolute atomic E-state index is 12.2. The van der Waals surface area contributed by atoms with Crippen LogP contribution in [-0.4, -0.2) is 20.9 Å². The molecule has 50 heavy (non-hydrogen) atoms. The van der Waals surface area contributed by atoms with Crippen molar-refractivity contribution in [3.05, 3.63) is 96.5 Å². The zero-order valence-corrected chi connectivity index (χ0v) is 34.2. The molecule has 0 aliphatic carbocycles. The van der Waals surface area contributed by atoms with Gasteiger partial charge in [0.05, 0.1) is 5.52 Å². The first-order chi connectivity index (χ1) is 23.3. The van der Waals surface area contributed by atoms with Gasteiger partial charge < -0.3 is 5.11 Å². The van der Waals surface area contributed by atoms with Crippen molar-refractivity contribution in [2.45, 2.75) is 94.4 Å². The molecule has 0 amide bonds. The van der Waals surface area contributed by atoms with E-state index in [0.29, 0.717) is 0 Å². The van der Waals surface area contributed by atoms with Crippen LogP contribution >= 0.6 is 11.3 Å². The Labute approximate surface area is 315 Å². The van der Waals surface area contributed by atoms with E-state index in [0.717, 1.165) is 53.6 Å². The Morgan fingerprint density at radius 2 is 1.40 bits per heavy atom. The molecule has 2 aromatic heterocycles. The molecule has 0 unspecified atom stereocenters. The molecule has 4 aromatic carbocycles. The van der Waals surface area contributed by atoms with E-state index in [1.54, 1.807) is 6.33 Å². The van der Waals surface area contributed by atoms with Crippen molar-refractivity contribution < 1.29 is 30.0 Å². The molecule has 6 rings (SSSR count). The minimum atomic E-state index is -0.337. The van der Waals surface area contributed by atoms with Crippen molar-refractivity contribution in [3.63, 3.8) is 0 Å². The van der Waals surface area contributed by atoms with Gasteiger partial charge in [0.1, 0.15) is 12.1 Å². The van der Waals surface area contributed by atoms with Gasteiger partial charge in [-0.05, 0) is 53.9 Å². The van der Waals surface area contributed by atoms with Gasteiger partial charge in [-0.15, -0.1) is 40.5 Å². The standard InChI is InChI=1S/C29H23N2S.C15H28O2.Ir/c1-29(2,3)16-22-15-20-10-6-7-11-23(20)27-24(22)26-28(32-27)25(30-17-31-26)21-13-12-18-8-4-5-9-19(18)14-21;1-7-14(5,8-2)12(16)11-13(17)15(6,9-3)10-4;/h4-12,14-15,17H,16H2,1-3H3;11,16H,7-10H2,1-6H3;/q-1;;/b;12-11-;. The van der Waals surface area contributed by atoms with Gasteiger partial charge in [0.15, 0.2) is 5.78 Å². The SMILES string of the molecule is CC(C)(C)Cc1cc2ccccc2c2sc3c(-c4[c-]cc5ccccc5c4)ncnc3c12.CCC(C)(CC)C(=O)/C=C(\O)C(C)(CC)CC.[Ir]. The monoisotopic (exact) mass is 864 g/mol. The number of nitrogens with zero attached hydrogens (tertiary/aromatic N) is 2. The van der Waals surface area contributed by atoms with Crippen LogP contribution in [0.15, 0.2) is 84.9 Å². The second-order valence-corrected chi connectivity index (χ2v) is 16.1. The summed E-state index contributed by atoms with van der Waals surface area (Å²) in [5.41, 5.74) is 3.99. The van der Waals surface area contributed by atoms with Gasteiger partial charge in [0.2, 0.25) is 0 Å². The fourth-order valence-corrected chi connectivity index (χ4v) is 7.68. The van der Waals surface area contributed by atoms with Crippen LogP contribution in [0.3, 0.4) is 0 Å². The average Bonchev–Trinajstić information content (AvgIpc) is 3.51.